The molecule has 116 valence electrons. The highest BCUT2D eigenvalue weighted by atomic mass is 16.2. The molecule has 1 aliphatic heterocycles. The van der Waals surface area contributed by atoms with Crippen molar-refractivity contribution in [2.45, 2.75) is 6.42 Å². The molecule has 3 heterocycles. The number of aromatic nitrogens is 3. The van der Waals surface area contributed by atoms with E-state index < -0.39 is 0 Å². The van der Waals surface area contributed by atoms with E-state index in [9.17, 15) is 9.59 Å². The van der Waals surface area contributed by atoms with Gasteiger partial charge in [-0.1, -0.05) is 0 Å². The van der Waals surface area contributed by atoms with Crippen molar-refractivity contribution in [2.24, 2.45) is 4.99 Å². The molecule has 0 radical (unpaired) electrons. The fourth-order valence-electron chi connectivity index (χ4n) is 2.07. The topological polar surface area (TPSA) is 100 Å². The summed E-state index contributed by atoms with van der Waals surface area (Å²) in [5.41, 5.74) is 1.75. The SMILES string of the molecule is CN(C)C(=O)C1=Nc2nc(Nc3ccc(C=O)cn3)ncc2C1. The van der Waals surface area contributed by atoms with Gasteiger partial charge < -0.3 is 10.2 Å². The number of nitrogens with one attached hydrogen (secondary N) is 1. The lowest BCUT2D eigenvalue weighted by Crippen LogP contribution is -2.29. The summed E-state index contributed by atoms with van der Waals surface area (Å²) in [4.78, 5) is 40.9. The summed E-state index contributed by atoms with van der Waals surface area (Å²) in [6, 6.07) is 3.30. The fraction of sp³-hybridized carbons (Fsp3) is 0.200. The standard InChI is InChI=1S/C15H14N6O2/c1-21(2)14(23)11-5-10-7-17-15(20-13(10)18-11)19-12-4-3-9(8-22)6-16-12/h3-4,6-8H,5H2,1-2H3,(H,16,17,19,20). The van der Waals surface area contributed by atoms with Gasteiger partial charge in [-0.25, -0.2) is 15.0 Å². The first-order valence-corrected chi connectivity index (χ1v) is 6.90. The van der Waals surface area contributed by atoms with E-state index >= 15 is 0 Å². The quantitative estimate of drug-likeness (QED) is 0.850. The van der Waals surface area contributed by atoms with Crippen LogP contribution in [0.25, 0.3) is 0 Å². The molecule has 0 saturated heterocycles. The average Bonchev–Trinajstić information content (AvgIpc) is 2.98. The number of fused-ring (bicyclic) bond motifs is 1. The van der Waals surface area contributed by atoms with Crippen LogP contribution < -0.4 is 5.32 Å². The molecule has 0 atom stereocenters. The van der Waals surface area contributed by atoms with E-state index in [1.54, 1.807) is 32.4 Å². The Bertz CT molecular complexity index is 798. The predicted octanol–water partition coefficient (Wildman–Crippen LogP) is 1.14. The molecule has 2 aromatic rings. The first kappa shape index (κ1) is 14.8. The number of nitrogens with zero attached hydrogens (tertiary/aromatic N) is 5. The Labute approximate surface area is 132 Å². The van der Waals surface area contributed by atoms with Crippen LogP contribution in [0.4, 0.5) is 17.6 Å². The van der Waals surface area contributed by atoms with Gasteiger partial charge in [0.1, 0.15) is 11.5 Å². The Balaban J connectivity index is 1.80. The van der Waals surface area contributed by atoms with Gasteiger partial charge in [-0.2, -0.15) is 4.98 Å². The number of carbonyl (C=O) groups excluding carboxylic acids is 2. The van der Waals surface area contributed by atoms with Crippen LogP contribution in [0.3, 0.4) is 0 Å². The molecule has 0 aromatic carbocycles. The summed E-state index contributed by atoms with van der Waals surface area (Å²) in [5.74, 6) is 1.19. The normalized spacial score (nSPS) is 12.3. The molecule has 0 bridgehead atoms. The summed E-state index contributed by atoms with van der Waals surface area (Å²) >= 11 is 0. The highest BCUT2D eigenvalue weighted by molar-refractivity contribution is 6.40. The highest BCUT2D eigenvalue weighted by Gasteiger charge is 2.23. The number of aliphatic imine (C=N–C) groups is 1. The smallest absolute Gasteiger partial charge is 0.268 e. The summed E-state index contributed by atoms with van der Waals surface area (Å²) < 4.78 is 0. The largest absolute Gasteiger partial charge is 0.344 e. The number of rotatable bonds is 4. The Morgan fingerprint density at radius 1 is 1.26 bits per heavy atom. The van der Waals surface area contributed by atoms with E-state index in [4.69, 9.17) is 0 Å². The molecule has 0 saturated carbocycles. The second-order valence-electron chi connectivity index (χ2n) is 5.20. The molecule has 0 fully saturated rings. The Kier molecular flexibility index (Phi) is 3.80. The van der Waals surface area contributed by atoms with E-state index in [1.807, 2.05) is 0 Å². The van der Waals surface area contributed by atoms with Crippen LogP contribution in [0.15, 0.2) is 29.5 Å². The molecule has 1 aliphatic rings. The first-order chi connectivity index (χ1) is 11.1. The molecule has 1 amide bonds. The van der Waals surface area contributed by atoms with Gasteiger partial charge in [0.2, 0.25) is 5.95 Å². The molecule has 8 heteroatoms. The Morgan fingerprint density at radius 3 is 2.74 bits per heavy atom. The van der Waals surface area contributed by atoms with Crippen molar-refractivity contribution >= 4 is 35.5 Å². The number of aldehydes is 1. The van der Waals surface area contributed by atoms with Crippen LogP contribution in [0.1, 0.15) is 15.9 Å². The van der Waals surface area contributed by atoms with Crippen molar-refractivity contribution in [1.82, 2.24) is 19.9 Å². The van der Waals surface area contributed by atoms with E-state index in [0.29, 0.717) is 35.3 Å². The third kappa shape index (κ3) is 3.05. The van der Waals surface area contributed by atoms with Crippen LogP contribution in [0, 0.1) is 0 Å². The molecule has 23 heavy (non-hydrogen) atoms. The molecular formula is C15H14N6O2. The van der Waals surface area contributed by atoms with E-state index in [0.717, 1.165) is 11.8 Å². The minimum absolute atomic E-state index is 0.136. The summed E-state index contributed by atoms with van der Waals surface area (Å²) in [6.07, 6.45) is 4.25. The number of amides is 1. The minimum Gasteiger partial charge on any atom is -0.344 e. The van der Waals surface area contributed by atoms with E-state index in [1.165, 1.54) is 11.1 Å². The zero-order chi connectivity index (χ0) is 16.4. The van der Waals surface area contributed by atoms with E-state index in [2.05, 4.69) is 25.3 Å². The molecule has 0 aliphatic carbocycles. The molecule has 1 N–H and O–H groups in total. The van der Waals surface area contributed by atoms with Crippen LogP contribution in [-0.4, -0.2) is 51.9 Å². The lowest BCUT2D eigenvalue weighted by Gasteiger charge is -2.08. The first-order valence-electron chi connectivity index (χ1n) is 6.90. The summed E-state index contributed by atoms with van der Waals surface area (Å²) in [6.45, 7) is 0. The lowest BCUT2D eigenvalue weighted by atomic mass is 10.2. The molecule has 2 aromatic heterocycles. The number of hydrogen-bond donors (Lipinski definition) is 1. The van der Waals surface area contributed by atoms with Gasteiger partial charge in [0.25, 0.3) is 5.91 Å². The number of pyridine rings is 1. The van der Waals surface area contributed by atoms with Crippen molar-refractivity contribution in [3.8, 4) is 0 Å². The van der Waals surface area contributed by atoms with Gasteiger partial charge >= 0.3 is 0 Å². The molecule has 0 spiro atoms. The maximum absolute atomic E-state index is 11.9. The number of anilines is 2. The van der Waals surface area contributed by atoms with Crippen molar-refractivity contribution in [1.29, 1.82) is 0 Å². The number of hydrogen-bond acceptors (Lipinski definition) is 7. The van der Waals surface area contributed by atoms with Crippen molar-refractivity contribution < 1.29 is 9.59 Å². The average molecular weight is 310 g/mol. The molecule has 8 nitrogen and oxygen atoms in total. The molecule has 0 unspecified atom stereocenters. The monoisotopic (exact) mass is 310 g/mol. The second kappa shape index (κ2) is 5.91. The Morgan fingerprint density at radius 2 is 2.09 bits per heavy atom. The molecular weight excluding hydrogens is 296 g/mol. The van der Waals surface area contributed by atoms with Gasteiger partial charge in [0, 0.05) is 44.0 Å². The van der Waals surface area contributed by atoms with Gasteiger partial charge in [-0.05, 0) is 12.1 Å². The fourth-order valence-corrected chi connectivity index (χ4v) is 2.07. The minimum atomic E-state index is -0.136. The third-order valence-electron chi connectivity index (χ3n) is 3.26. The van der Waals surface area contributed by atoms with Crippen molar-refractivity contribution in [2.75, 3.05) is 19.4 Å². The van der Waals surface area contributed by atoms with Crippen molar-refractivity contribution in [3.63, 3.8) is 0 Å². The summed E-state index contributed by atoms with van der Waals surface area (Å²) in [5, 5.41) is 2.94. The van der Waals surface area contributed by atoms with Crippen LogP contribution in [-0.2, 0) is 11.2 Å². The van der Waals surface area contributed by atoms with Gasteiger partial charge in [-0.15, -0.1) is 0 Å². The number of carbonyl (C=O) groups is 2. The third-order valence-corrected chi connectivity index (χ3v) is 3.26. The van der Waals surface area contributed by atoms with Crippen LogP contribution >= 0.6 is 0 Å². The van der Waals surface area contributed by atoms with E-state index in [-0.39, 0.29) is 5.91 Å². The van der Waals surface area contributed by atoms with Crippen LogP contribution in [0.2, 0.25) is 0 Å². The van der Waals surface area contributed by atoms with Crippen molar-refractivity contribution in [3.05, 3.63) is 35.7 Å². The van der Waals surface area contributed by atoms with Crippen LogP contribution in [0.5, 0.6) is 0 Å². The maximum Gasteiger partial charge on any atom is 0.268 e. The van der Waals surface area contributed by atoms with Gasteiger partial charge in [-0.3, -0.25) is 9.59 Å². The summed E-state index contributed by atoms with van der Waals surface area (Å²) in [7, 11) is 3.36. The van der Waals surface area contributed by atoms with Gasteiger partial charge in [0.15, 0.2) is 12.1 Å². The maximum atomic E-state index is 11.9. The zero-order valence-electron chi connectivity index (χ0n) is 12.6. The second-order valence-corrected chi connectivity index (χ2v) is 5.20. The van der Waals surface area contributed by atoms with Gasteiger partial charge in [0.05, 0.1) is 0 Å². The lowest BCUT2D eigenvalue weighted by molar-refractivity contribution is -0.121. The zero-order valence-corrected chi connectivity index (χ0v) is 12.6. The predicted molar refractivity (Wildman–Crippen MR) is 84.4 cm³/mol. The highest BCUT2D eigenvalue weighted by Crippen LogP contribution is 2.25. The Hall–Kier alpha value is -3.16. The molecule has 3 rings (SSSR count).